The maximum atomic E-state index is 12.4. The van der Waals surface area contributed by atoms with E-state index in [1.54, 1.807) is 9.80 Å². The number of amides is 2. The minimum absolute atomic E-state index is 0.0480. The molecule has 2 atom stereocenters. The number of nitrogens with zero attached hydrogens (tertiary/aromatic N) is 5. The molecule has 40 heavy (non-hydrogen) atoms. The molecule has 2 heterocycles. The van der Waals surface area contributed by atoms with Crippen molar-refractivity contribution < 1.29 is 24.2 Å². The van der Waals surface area contributed by atoms with Gasteiger partial charge >= 0.3 is 12.2 Å². The fourth-order valence-corrected chi connectivity index (χ4v) is 4.70. The number of hydrogen-bond acceptors (Lipinski definition) is 6. The molecule has 4 rings (SSSR count). The molecule has 10 heteroatoms. The van der Waals surface area contributed by atoms with Gasteiger partial charge in [0.25, 0.3) is 0 Å². The van der Waals surface area contributed by atoms with Crippen LogP contribution in [0, 0.1) is 0 Å². The van der Waals surface area contributed by atoms with E-state index < -0.39 is 11.2 Å². The number of carbonyl (C=O) groups excluding carboxylic acids is 2. The number of fused-ring (bicyclic) bond motifs is 2. The van der Waals surface area contributed by atoms with Crippen LogP contribution in [-0.2, 0) is 35.4 Å². The summed E-state index contributed by atoms with van der Waals surface area (Å²) in [5.41, 5.74) is 12.1. The molecule has 0 saturated heterocycles. The van der Waals surface area contributed by atoms with Crippen molar-refractivity contribution in [3.8, 4) is 0 Å². The van der Waals surface area contributed by atoms with Crippen LogP contribution in [0.25, 0.3) is 10.4 Å². The molecule has 2 aromatic carbocycles. The van der Waals surface area contributed by atoms with Gasteiger partial charge in [-0.1, -0.05) is 53.6 Å². The molecular formula is C30H41N5O5. The van der Waals surface area contributed by atoms with Crippen molar-refractivity contribution >= 4 is 12.2 Å². The Morgan fingerprint density at radius 2 is 1.23 bits per heavy atom. The zero-order chi connectivity index (χ0) is 29.5. The normalized spacial score (nSPS) is 18.3. The molecule has 0 spiro atoms. The van der Waals surface area contributed by atoms with Gasteiger partial charge in [-0.05, 0) is 82.2 Å². The Morgan fingerprint density at radius 1 is 0.825 bits per heavy atom. The summed E-state index contributed by atoms with van der Waals surface area (Å²) in [6.07, 6.45) is 0.622. The summed E-state index contributed by atoms with van der Waals surface area (Å²) in [4.78, 5) is 30.6. The van der Waals surface area contributed by atoms with Crippen LogP contribution < -0.4 is 0 Å². The third-order valence-electron chi connectivity index (χ3n) is 6.53. The fourth-order valence-electron chi connectivity index (χ4n) is 4.70. The standard InChI is InChI=1S/C15H20N4O2.C15H21NO3/c1-15(2,3)21-14(20)19-10-12-7-5-4-6-11(12)8-13(19)9-17-18-16;1-15(2,3)19-14(18)16-9-12-7-5-4-6-11(12)8-13(16)10-17/h4-7,13H,8-10H2,1-3H3;4-7,13,17H,8-10H2,1-3H3/t2*13-/m00/s1. The van der Waals surface area contributed by atoms with Crippen molar-refractivity contribution in [1.29, 1.82) is 0 Å². The van der Waals surface area contributed by atoms with Crippen LogP contribution in [0.4, 0.5) is 9.59 Å². The van der Waals surface area contributed by atoms with E-state index in [9.17, 15) is 14.7 Å². The lowest BCUT2D eigenvalue weighted by Gasteiger charge is -2.37. The highest BCUT2D eigenvalue weighted by Crippen LogP contribution is 2.26. The van der Waals surface area contributed by atoms with Gasteiger partial charge in [-0.3, -0.25) is 4.90 Å². The number of azide groups is 1. The molecule has 2 amide bonds. The Kier molecular flexibility index (Phi) is 10.1. The number of ether oxygens (including phenoxy) is 2. The summed E-state index contributed by atoms with van der Waals surface area (Å²) in [5.74, 6) is 0. The summed E-state index contributed by atoms with van der Waals surface area (Å²) in [5, 5.41) is 13.1. The second-order valence-electron chi connectivity index (χ2n) is 12.1. The molecule has 2 aliphatic rings. The van der Waals surface area contributed by atoms with E-state index in [4.69, 9.17) is 15.0 Å². The van der Waals surface area contributed by atoms with Gasteiger partial charge in [-0.25, -0.2) is 9.59 Å². The Hall–Kier alpha value is -3.75. The third-order valence-corrected chi connectivity index (χ3v) is 6.53. The maximum absolute atomic E-state index is 12.4. The van der Waals surface area contributed by atoms with E-state index in [0.29, 0.717) is 25.9 Å². The van der Waals surface area contributed by atoms with E-state index in [0.717, 1.165) is 11.1 Å². The van der Waals surface area contributed by atoms with Crippen LogP contribution in [0.15, 0.2) is 53.6 Å². The van der Waals surface area contributed by atoms with Gasteiger partial charge in [0, 0.05) is 30.6 Å². The number of benzene rings is 2. The Labute approximate surface area is 236 Å². The Bertz CT molecular complexity index is 1230. The molecule has 0 bridgehead atoms. The van der Waals surface area contributed by atoms with Gasteiger partial charge in [0.2, 0.25) is 0 Å². The molecule has 0 aromatic heterocycles. The van der Waals surface area contributed by atoms with Crippen molar-refractivity contribution in [2.24, 2.45) is 5.11 Å². The highest BCUT2D eigenvalue weighted by Gasteiger charge is 2.33. The largest absolute Gasteiger partial charge is 0.444 e. The second-order valence-corrected chi connectivity index (χ2v) is 12.1. The number of aliphatic hydroxyl groups is 1. The zero-order valence-electron chi connectivity index (χ0n) is 24.3. The van der Waals surface area contributed by atoms with Gasteiger partial charge in [0.05, 0.1) is 12.6 Å². The van der Waals surface area contributed by atoms with Gasteiger partial charge in [0.15, 0.2) is 0 Å². The maximum Gasteiger partial charge on any atom is 0.410 e. The Morgan fingerprint density at radius 3 is 1.62 bits per heavy atom. The van der Waals surface area contributed by atoms with Crippen molar-refractivity contribution in [3.05, 3.63) is 81.2 Å². The molecular weight excluding hydrogens is 510 g/mol. The van der Waals surface area contributed by atoms with Crippen LogP contribution in [0.2, 0.25) is 0 Å². The molecule has 0 unspecified atom stereocenters. The first-order chi connectivity index (χ1) is 18.8. The molecule has 2 aliphatic heterocycles. The predicted octanol–water partition coefficient (Wildman–Crippen LogP) is 6.00. The lowest BCUT2D eigenvalue weighted by atomic mass is 9.94. The van der Waals surface area contributed by atoms with Gasteiger partial charge < -0.3 is 19.5 Å². The second kappa shape index (κ2) is 13.1. The van der Waals surface area contributed by atoms with Gasteiger partial charge in [0.1, 0.15) is 11.2 Å². The predicted molar refractivity (Wildman–Crippen MR) is 153 cm³/mol. The van der Waals surface area contributed by atoms with Crippen LogP contribution >= 0.6 is 0 Å². The molecule has 1 N–H and O–H groups in total. The van der Waals surface area contributed by atoms with Crippen molar-refractivity contribution in [2.75, 3.05) is 13.2 Å². The lowest BCUT2D eigenvalue weighted by molar-refractivity contribution is 0.00452. The van der Waals surface area contributed by atoms with Crippen molar-refractivity contribution in [2.45, 2.75) is 90.8 Å². The SMILES string of the molecule is CC(C)(C)OC(=O)N1Cc2ccccc2C[C@H]1CN=[N+]=[N-].CC(C)(C)OC(=O)N1Cc2ccccc2C[C@H]1CO. The summed E-state index contributed by atoms with van der Waals surface area (Å²) in [6, 6.07) is 15.6. The highest BCUT2D eigenvalue weighted by molar-refractivity contribution is 5.70. The van der Waals surface area contributed by atoms with Crippen molar-refractivity contribution in [3.63, 3.8) is 0 Å². The average Bonchev–Trinajstić information content (AvgIpc) is 2.89. The highest BCUT2D eigenvalue weighted by atomic mass is 16.6. The summed E-state index contributed by atoms with van der Waals surface area (Å²) in [7, 11) is 0. The molecule has 216 valence electrons. The zero-order valence-corrected chi connectivity index (χ0v) is 24.3. The Balaban J connectivity index is 0.000000222. The first-order valence-electron chi connectivity index (χ1n) is 13.6. The first kappa shape index (κ1) is 30.8. The molecule has 0 aliphatic carbocycles. The summed E-state index contributed by atoms with van der Waals surface area (Å²) >= 11 is 0. The minimum atomic E-state index is -0.545. The molecule has 10 nitrogen and oxygen atoms in total. The minimum Gasteiger partial charge on any atom is -0.444 e. The van der Waals surface area contributed by atoms with Crippen LogP contribution in [0.1, 0.15) is 63.8 Å². The van der Waals surface area contributed by atoms with E-state index in [1.165, 1.54) is 11.1 Å². The first-order valence-corrected chi connectivity index (χ1v) is 13.6. The number of aliphatic hydroxyl groups excluding tert-OH is 1. The van der Waals surface area contributed by atoms with E-state index in [2.05, 4.69) is 10.0 Å². The van der Waals surface area contributed by atoms with E-state index >= 15 is 0 Å². The molecule has 0 fully saturated rings. The third kappa shape index (κ3) is 8.63. The van der Waals surface area contributed by atoms with Gasteiger partial charge in [-0.15, -0.1) is 0 Å². The van der Waals surface area contributed by atoms with Gasteiger partial charge in [-0.2, -0.15) is 0 Å². The quantitative estimate of drug-likeness (QED) is 0.284. The molecule has 2 aromatic rings. The molecule has 0 saturated carbocycles. The van der Waals surface area contributed by atoms with E-state index in [-0.39, 0.29) is 37.4 Å². The van der Waals surface area contributed by atoms with Crippen LogP contribution in [0.5, 0.6) is 0 Å². The summed E-state index contributed by atoms with van der Waals surface area (Å²) < 4.78 is 10.9. The van der Waals surface area contributed by atoms with Crippen LogP contribution in [0.3, 0.4) is 0 Å². The lowest BCUT2D eigenvalue weighted by Crippen LogP contribution is -2.48. The van der Waals surface area contributed by atoms with Crippen LogP contribution in [-0.4, -0.2) is 63.5 Å². The monoisotopic (exact) mass is 551 g/mol. The number of rotatable bonds is 3. The molecule has 0 radical (unpaired) electrons. The smallest absolute Gasteiger partial charge is 0.410 e. The fraction of sp³-hybridized carbons (Fsp3) is 0.533. The van der Waals surface area contributed by atoms with Crippen molar-refractivity contribution in [1.82, 2.24) is 9.80 Å². The number of hydrogen-bond donors (Lipinski definition) is 1. The number of carbonyl (C=O) groups is 2. The summed E-state index contributed by atoms with van der Waals surface area (Å²) in [6.45, 7) is 12.2. The van der Waals surface area contributed by atoms with E-state index in [1.807, 2.05) is 90.1 Å². The average molecular weight is 552 g/mol. The topological polar surface area (TPSA) is 128 Å².